The number of Topliss-reactive ketones (excluding diaryl/α,β-unsaturated/α-hetero) is 1. The first-order valence-electron chi connectivity index (χ1n) is 34.0. The number of carbonyl (C=O) groups is 4. The molecule has 0 radical (unpaired) electrons. The highest BCUT2D eigenvalue weighted by Crippen LogP contribution is 2.35. The number of allylic oxidation sites excluding steroid dienone is 1. The van der Waals surface area contributed by atoms with Crippen LogP contribution in [0.2, 0.25) is 35.2 Å². The van der Waals surface area contributed by atoms with E-state index in [0.29, 0.717) is 128 Å². The Hall–Kier alpha value is -8.32. The number of halogens is 7. The van der Waals surface area contributed by atoms with Gasteiger partial charge in [-0.15, -0.1) is 0 Å². The highest BCUT2D eigenvalue weighted by molar-refractivity contribution is 7.89. The Kier molecular flexibility index (Phi) is 30.5. The number of aryl methyl sites for hydroxylation is 2. The highest BCUT2D eigenvalue weighted by atomic mass is 35.5. The van der Waals surface area contributed by atoms with Gasteiger partial charge in [0.25, 0.3) is 5.91 Å². The van der Waals surface area contributed by atoms with Crippen molar-refractivity contribution >= 4 is 138 Å². The monoisotopic (exact) mass is 1600 g/mol. The summed E-state index contributed by atoms with van der Waals surface area (Å²) in [6, 6.07) is 50.4. The van der Waals surface area contributed by atoms with Crippen molar-refractivity contribution < 1.29 is 61.5 Å². The molecule has 3 saturated heterocycles. The lowest BCUT2D eigenvalue weighted by Crippen LogP contribution is -2.50. The van der Waals surface area contributed by atoms with E-state index in [2.05, 4.69) is 16.8 Å². The van der Waals surface area contributed by atoms with Gasteiger partial charge < -0.3 is 58.8 Å². The number of urea groups is 2. The van der Waals surface area contributed by atoms with Gasteiger partial charge in [-0.3, -0.25) is 19.4 Å². The molecule has 28 heteroatoms. The Morgan fingerprint density at radius 3 is 1.57 bits per heavy atom. The standard InChI is InChI=1S/C21H20Cl2N2O3.C19H20Cl2N2O3.C19H21Cl2NO4S.C19H21ClN2O3/c1-14-10-15-2-4-17(12-20(15)28-14)27-13-21(26)25-8-6-24(7-9-25)16-3-5-18(22)19(23)11-16;1-13-2-5-16(6-3-13)26-12-15(24)11-22-8-9-23(19(22)25)14-4-7-17(20)18(21)10-14;1-27(24,25)13-14-4-7-17(8-5-14)26-12-16(23)3-2-10-22-15-6-9-18(20)19(21)11-15;1-14-2-8-18(9-3-14)25-13-17(23)12-21-10-11-22(19(21)24)16-6-4-15(20)5-7-16/h2-5,11-12H,1,6-10,13H2;2-7,10,15,24H,8-9,11-12H2,1H3;4-9,11,22H,2-3,10,12-13H2,1H3;2-9,17,23H,10-13H2,1H3/t;15-;;17-/m.0.0/s1. The van der Waals surface area contributed by atoms with E-state index < -0.39 is 22.0 Å². The van der Waals surface area contributed by atoms with E-state index in [1.807, 2.05) is 116 Å². The number of ketones is 1. The molecule has 4 aliphatic heterocycles. The van der Waals surface area contributed by atoms with Gasteiger partial charge in [-0.05, 0) is 147 Å². The third-order valence-corrected chi connectivity index (χ3v) is 20.2. The molecule has 12 rings (SSSR count). The smallest absolute Gasteiger partial charge is 0.324 e. The van der Waals surface area contributed by atoms with Crippen LogP contribution in [-0.2, 0) is 31.6 Å². The fraction of sp³-hybridized carbons (Fsp3) is 0.308. The summed E-state index contributed by atoms with van der Waals surface area (Å²) in [4.78, 5) is 60.0. The van der Waals surface area contributed by atoms with Crippen molar-refractivity contribution in [3.63, 3.8) is 0 Å². The van der Waals surface area contributed by atoms with Gasteiger partial charge in [-0.2, -0.15) is 0 Å². The number of aliphatic hydroxyl groups is 2. The zero-order valence-electron chi connectivity index (χ0n) is 58.6. The molecule has 20 nitrogen and oxygen atoms in total. The molecular weight excluding hydrogens is 1520 g/mol. The molecule has 3 N–H and O–H groups in total. The Morgan fingerprint density at radius 1 is 0.538 bits per heavy atom. The van der Waals surface area contributed by atoms with E-state index in [4.69, 9.17) is 105 Å². The van der Waals surface area contributed by atoms with Crippen LogP contribution in [0.25, 0.3) is 0 Å². The number of benzene rings is 8. The van der Waals surface area contributed by atoms with E-state index in [1.165, 1.54) is 6.26 Å². The van der Waals surface area contributed by atoms with Crippen molar-refractivity contribution in [1.82, 2.24) is 14.7 Å². The number of hydrogen-bond donors (Lipinski definition) is 3. The fourth-order valence-corrected chi connectivity index (χ4v) is 13.1. The Bertz CT molecular complexity index is 4430. The van der Waals surface area contributed by atoms with Crippen LogP contribution in [0.1, 0.15) is 35.1 Å². The van der Waals surface area contributed by atoms with Crippen molar-refractivity contribution in [3.8, 4) is 28.7 Å². The van der Waals surface area contributed by atoms with Crippen LogP contribution in [0, 0.1) is 13.8 Å². The number of nitrogens with one attached hydrogen (secondary N) is 1. The molecule has 8 aromatic carbocycles. The van der Waals surface area contributed by atoms with Gasteiger partial charge in [-0.25, -0.2) is 18.0 Å². The third kappa shape index (κ3) is 25.4. The van der Waals surface area contributed by atoms with E-state index in [9.17, 15) is 37.8 Å². The van der Waals surface area contributed by atoms with E-state index in [-0.39, 0.29) is 69.0 Å². The molecule has 4 aliphatic rings. The number of aliphatic hydroxyl groups excluding tert-OH is 2. The number of ether oxygens (including phenoxy) is 5. The molecule has 5 amide bonds. The number of fused-ring (bicyclic) bond motifs is 1. The van der Waals surface area contributed by atoms with Gasteiger partial charge in [0.2, 0.25) is 0 Å². The lowest BCUT2D eigenvalue weighted by atomic mass is 10.1. The zero-order chi connectivity index (χ0) is 76.0. The maximum Gasteiger partial charge on any atom is 0.324 e. The molecule has 2 atom stereocenters. The Balaban J connectivity index is 0.000000164. The molecular formula is C78H82Cl7N7O13S. The number of hydrogen-bond acceptors (Lipinski definition) is 15. The summed E-state index contributed by atoms with van der Waals surface area (Å²) < 4.78 is 50.3. The number of piperazine rings is 1. The summed E-state index contributed by atoms with van der Waals surface area (Å²) in [6.07, 6.45) is 1.45. The first kappa shape index (κ1) is 81.8. The van der Waals surface area contributed by atoms with Gasteiger partial charge in [0, 0.05) is 117 Å². The van der Waals surface area contributed by atoms with Crippen LogP contribution < -0.4 is 43.7 Å². The molecule has 562 valence electrons. The number of rotatable bonds is 26. The molecule has 0 aromatic heterocycles. The van der Waals surface area contributed by atoms with Crippen molar-refractivity contribution in [2.24, 2.45) is 0 Å². The number of nitrogens with zero attached hydrogens (tertiary/aromatic N) is 6. The Morgan fingerprint density at radius 2 is 1.02 bits per heavy atom. The summed E-state index contributed by atoms with van der Waals surface area (Å²) in [7, 11) is -3.07. The average Bonchev–Trinajstić information content (AvgIpc) is 1.63. The van der Waals surface area contributed by atoms with Crippen LogP contribution in [0.5, 0.6) is 28.7 Å². The van der Waals surface area contributed by atoms with Crippen LogP contribution in [-0.4, -0.2) is 174 Å². The second kappa shape index (κ2) is 39.5. The molecule has 106 heavy (non-hydrogen) atoms. The lowest BCUT2D eigenvalue weighted by molar-refractivity contribution is -0.133. The topological polar surface area (TPSA) is 221 Å². The van der Waals surface area contributed by atoms with Gasteiger partial charge in [0.1, 0.15) is 66.5 Å². The zero-order valence-corrected chi connectivity index (χ0v) is 64.7. The van der Waals surface area contributed by atoms with Crippen molar-refractivity contribution in [3.05, 3.63) is 240 Å². The van der Waals surface area contributed by atoms with Crippen LogP contribution in [0.4, 0.5) is 32.3 Å². The minimum atomic E-state index is -3.07. The average molecular weight is 1610 g/mol. The molecule has 0 aliphatic carbocycles. The highest BCUT2D eigenvalue weighted by Gasteiger charge is 2.33. The number of anilines is 4. The molecule has 0 spiro atoms. The number of amides is 5. The normalized spacial score (nSPS) is 14.5. The third-order valence-electron chi connectivity index (χ3n) is 16.9. The first-order chi connectivity index (χ1) is 50.7. The Labute approximate surface area is 653 Å². The summed E-state index contributed by atoms with van der Waals surface area (Å²) in [5, 5.41) is 27.1. The summed E-state index contributed by atoms with van der Waals surface area (Å²) >= 11 is 41.7. The van der Waals surface area contributed by atoms with Gasteiger partial charge in [0.15, 0.2) is 22.2 Å². The number of sulfone groups is 1. The van der Waals surface area contributed by atoms with Gasteiger partial charge in [0.05, 0.1) is 49.0 Å². The number of carbonyl (C=O) groups excluding carboxylic acids is 4. The van der Waals surface area contributed by atoms with Crippen molar-refractivity contribution in [2.45, 2.75) is 51.1 Å². The van der Waals surface area contributed by atoms with Crippen LogP contribution >= 0.6 is 81.2 Å². The summed E-state index contributed by atoms with van der Waals surface area (Å²) in [5.74, 6) is 3.99. The molecule has 0 unspecified atom stereocenters. The largest absolute Gasteiger partial charge is 0.491 e. The predicted molar refractivity (Wildman–Crippen MR) is 422 cm³/mol. The number of β-amino-alcohol motifs (C(OH)–C–C–N with tert-alkyl or cyclic N) is 2. The second-order valence-corrected chi connectivity index (χ2v) is 30.5. The minimum absolute atomic E-state index is 0.00645. The molecule has 8 aromatic rings. The molecule has 3 fully saturated rings. The SMILES string of the molecule is C=C1Cc2ccc(OCC(=O)N3CCN(c4ccc(Cl)c(Cl)c4)CC3)cc2O1.CS(=O)(=O)Cc1ccc(OCC(=O)CCCNc2ccc(Cl)c(Cl)c2)cc1.Cc1ccc(OC[C@@H](O)CN2CCN(c3ccc(Cl)c(Cl)c3)C2=O)cc1.Cc1ccc(OC[C@@H](O)CN2CCN(c3ccc(Cl)cc3)C2=O)cc1. The maximum absolute atomic E-state index is 12.6. The van der Waals surface area contributed by atoms with Crippen LogP contribution in [0.15, 0.2) is 182 Å². The molecule has 4 heterocycles. The first-order valence-corrected chi connectivity index (χ1v) is 38.7. The van der Waals surface area contributed by atoms with E-state index >= 15 is 0 Å². The van der Waals surface area contributed by atoms with Crippen LogP contribution in [0.3, 0.4) is 0 Å². The predicted octanol–water partition coefficient (Wildman–Crippen LogP) is 15.9. The summed E-state index contributed by atoms with van der Waals surface area (Å²) in [5.41, 5.74) is 7.42. The van der Waals surface area contributed by atoms with Crippen molar-refractivity contribution in [2.75, 3.05) is 125 Å². The maximum atomic E-state index is 12.6. The van der Waals surface area contributed by atoms with E-state index in [0.717, 1.165) is 64.8 Å². The van der Waals surface area contributed by atoms with Gasteiger partial charge in [-0.1, -0.05) is 141 Å². The minimum Gasteiger partial charge on any atom is -0.491 e. The molecule has 0 bridgehead atoms. The molecule has 0 saturated carbocycles. The lowest BCUT2D eigenvalue weighted by Gasteiger charge is -2.36. The van der Waals surface area contributed by atoms with E-state index in [1.54, 1.807) is 92.4 Å². The quantitative estimate of drug-likeness (QED) is 0.0429. The fourth-order valence-electron chi connectivity index (χ4n) is 11.3. The summed E-state index contributed by atoms with van der Waals surface area (Å²) in [6.45, 7) is 14.1. The van der Waals surface area contributed by atoms with Gasteiger partial charge >= 0.3 is 12.1 Å². The van der Waals surface area contributed by atoms with Crippen molar-refractivity contribution in [1.29, 1.82) is 0 Å². The second-order valence-electron chi connectivity index (χ2n) is 25.4.